The topological polar surface area (TPSA) is 24.1 Å². The largest absolute Gasteiger partial charge is 0.316 e. The Morgan fingerprint density at radius 1 is 0.938 bits per heavy atom. The van der Waals surface area contributed by atoms with Crippen LogP contribution in [0.5, 0.6) is 0 Å². The Bertz CT molecular complexity index is 225. The van der Waals surface area contributed by atoms with Crippen molar-refractivity contribution in [3.8, 4) is 0 Å². The molecular formula is C14H26N2. The first-order valence-corrected chi connectivity index (χ1v) is 7.36. The highest BCUT2D eigenvalue weighted by Crippen LogP contribution is 2.47. The quantitative estimate of drug-likeness (QED) is 0.645. The standard InChI is InChI=1S/C14H26N2/c1(7-16-14-4-5-14)6-15-10-13-9-11-2-3-12(13)8-11/h11-16H,1-10H2. The van der Waals surface area contributed by atoms with Crippen LogP contribution in [0, 0.1) is 17.8 Å². The molecular weight excluding hydrogens is 196 g/mol. The summed E-state index contributed by atoms with van der Waals surface area (Å²) in [4.78, 5) is 0. The first-order chi connectivity index (χ1) is 7.92. The van der Waals surface area contributed by atoms with E-state index in [2.05, 4.69) is 10.6 Å². The average molecular weight is 222 g/mol. The first kappa shape index (κ1) is 11.0. The lowest BCUT2D eigenvalue weighted by molar-refractivity contribution is 0.318. The van der Waals surface area contributed by atoms with Crippen molar-refractivity contribution in [3.63, 3.8) is 0 Å². The predicted molar refractivity (Wildman–Crippen MR) is 67.4 cm³/mol. The lowest BCUT2D eigenvalue weighted by Crippen LogP contribution is -2.29. The summed E-state index contributed by atoms with van der Waals surface area (Å²) in [5, 5.41) is 7.24. The van der Waals surface area contributed by atoms with Gasteiger partial charge in [0.15, 0.2) is 0 Å². The van der Waals surface area contributed by atoms with Crippen LogP contribution in [0.2, 0.25) is 0 Å². The number of hydrogen-bond donors (Lipinski definition) is 2. The van der Waals surface area contributed by atoms with Gasteiger partial charge < -0.3 is 10.6 Å². The fourth-order valence-electron chi connectivity index (χ4n) is 3.72. The molecule has 0 aromatic carbocycles. The van der Waals surface area contributed by atoms with Crippen LogP contribution in [0.15, 0.2) is 0 Å². The zero-order valence-corrected chi connectivity index (χ0v) is 10.4. The van der Waals surface area contributed by atoms with E-state index in [-0.39, 0.29) is 0 Å². The van der Waals surface area contributed by atoms with E-state index >= 15 is 0 Å². The van der Waals surface area contributed by atoms with Crippen LogP contribution in [-0.2, 0) is 0 Å². The summed E-state index contributed by atoms with van der Waals surface area (Å²) in [7, 11) is 0. The summed E-state index contributed by atoms with van der Waals surface area (Å²) < 4.78 is 0. The maximum Gasteiger partial charge on any atom is 0.00682 e. The lowest BCUT2D eigenvalue weighted by Gasteiger charge is -2.21. The molecule has 3 fully saturated rings. The molecule has 0 spiro atoms. The zero-order chi connectivity index (χ0) is 10.8. The van der Waals surface area contributed by atoms with Crippen LogP contribution in [0.1, 0.15) is 44.9 Å². The lowest BCUT2D eigenvalue weighted by atomic mass is 9.89. The molecule has 3 aliphatic carbocycles. The molecule has 3 rings (SSSR count). The second kappa shape index (κ2) is 5.05. The molecule has 3 saturated carbocycles. The summed E-state index contributed by atoms with van der Waals surface area (Å²) in [5.74, 6) is 3.21. The zero-order valence-electron chi connectivity index (χ0n) is 10.4. The van der Waals surface area contributed by atoms with E-state index in [0.717, 1.165) is 23.8 Å². The highest BCUT2D eigenvalue weighted by Gasteiger charge is 2.38. The van der Waals surface area contributed by atoms with Crippen molar-refractivity contribution in [1.82, 2.24) is 10.6 Å². The van der Waals surface area contributed by atoms with Gasteiger partial charge in [0.1, 0.15) is 0 Å². The van der Waals surface area contributed by atoms with Gasteiger partial charge >= 0.3 is 0 Å². The monoisotopic (exact) mass is 222 g/mol. The van der Waals surface area contributed by atoms with E-state index in [1.165, 1.54) is 58.2 Å². The second-order valence-electron chi connectivity index (χ2n) is 6.22. The second-order valence-corrected chi connectivity index (χ2v) is 6.22. The van der Waals surface area contributed by atoms with Gasteiger partial charge in [-0.3, -0.25) is 0 Å². The highest BCUT2D eigenvalue weighted by molar-refractivity contribution is 4.90. The van der Waals surface area contributed by atoms with Crippen molar-refractivity contribution < 1.29 is 0 Å². The third-order valence-electron chi connectivity index (χ3n) is 4.83. The minimum absolute atomic E-state index is 0.880. The van der Waals surface area contributed by atoms with E-state index in [0.29, 0.717) is 0 Å². The van der Waals surface area contributed by atoms with E-state index in [9.17, 15) is 0 Å². The molecule has 0 aromatic rings. The van der Waals surface area contributed by atoms with E-state index in [1.807, 2.05) is 0 Å². The molecule has 0 radical (unpaired) electrons. The molecule has 2 nitrogen and oxygen atoms in total. The third kappa shape index (κ3) is 2.78. The minimum atomic E-state index is 0.880. The van der Waals surface area contributed by atoms with Gasteiger partial charge in [-0.2, -0.15) is 0 Å². The number of fused-ring (bicyclic) bond motifs is 2. The van der Waals surface area contributed by atoms with Crippen LogP contribution >= 0.6 is 0 Å². The van der Waals surface area contributed by atoms with E-state index < -0.39 is 0 Å². The summed E-state index contributed by atoms with van der Waals surface area (Å²) in [6, 6.07) is 0.880. The molecule has 0 aromatic heterocycles. The SMILES string of the molecule is C(CNCC1CC2CCC1C2)CNC1CC1. The maximum absolute atomic E-state index is 3.67. The first-order valence-electron chi connectivity index (χ1n) is 7.36. The maximum atomic E-state index is 3.67. The fraction of sp³-hybridized carbons (Fsp3) is 1.00. The van der Waals surface area contributed by atoms with Gasteiger partial charge in [0.25, 0.3) is 0 Å². The Balaban J connectivity index is 1.21. The van der Waals surface area contributed by atoms with Crippen LogP contribution < -0.4 is 10.6 Å². The molecule has 16 heavy (non-hydrogen) atoms. The van der Waals surface area contributed by atoms with Crippen LogP contribution in [0.3, 0.4) is 0 Å². The average Bonchev–Trinajstić information content (AvgIpc) is 2.88. The Morgan fingerprint density at radius 3 is 2.56 bits per heavy atom. The molecule has 92 valence electrons. The summed E-state index contributed by atoms with van der Waals surface area (Å²) in [6.45, 7) is 3.73. The molecule has 3 unspecified atom stereocenters. The molecule has 2 bridgehead atoms. The van der Waals surface area contributed by atoms with E-state index in [4.69, 9.17) is 0 Å². The van der Waals surface area contributed by atoms with Crippen LogP contribution in [-0.4, -0.2) is 25.7 Å². The summed E-state index contributed by atoms with van der Waals surface area (Å²) >= 11 is 0. The Kier molecular flexibility index (Phi) is 3.49. The Morgan fingerprint density at radius 2 is 1.88 bits per heavy atom. The molecule has 2 heteroatoms. The van der Waals surface area contributed by atoms with Crippen molar-refractivity contribution in [2.45, 2.75) is 51.0 Å². The van der Waals surface area contributed by atoms with Crippen molar-refractivity contribution in [1.29, 1.82) is 0 Å². The minimum Gasteiger partial charge on any atom is -0.316 e. The molecule has 3 aliphatic rings. The number of hydrogen-bond acceptors (Lipinski definition) is 2. The molecule has 0 heterocycles. The predicted octanol–water partition coefficient (Wildman–Crippen LogP) is 2.15. The van der Waals surface area contributed by atoms with Crippen LogP contribution in [0.4, 0.5) is 0 Å². The van der Waals surface area contributed by atoms with Gasteiger partial charge in [0, 0.05) is 6.04 Å². The molecule has 0 amide bonds. The van der Waals surface area contributed by atoms with Gasteiger partial charge in [0.05, 0.1) is 0 Å². The van der Waals surface area contributed by atoms with Gasteiger partial charge in [0.2, 0.25) is 0 Å². The molecule has 0 aliphatic heterocycles. The fourth-order valence-corrected chi connectivity index (χ4v) is 3.72. The van der Waals surface area contributed by atoms with Crippen molar-refractivity contribution in [3.05, 3.63) is 0 Å². The third-order valence-corrected chi connectivity index (χ3v) is 4.83. The smallest absolute Gasteiger partial charge is 0.00682 e. The van der Waals surface area contributed by atoms with Crippen LogP contribution in [0.25, 0.3) is 0 Å². The molecule has 3 atom stereocenters. The normalized spacial score (nSPS) is 37.1. The molecule has 2 N–H and O–H groups in total. The number of rotatable bonds is 7. The number of nitrogens with one attached hydrogen (secondary N) is 2. The van der Waals surface area contributed by atoms with Gasteiger partial charge in [-0.05, 0) is 75.9 Å². The Labute approximate surface area is 99.6 Å². The van der Waals surface area contributed by atoms with Gasteiger partial charge in [-0.15, -0.1) is 0 Å². The molecule has 0 saturated heterocycles. The van der Waals surface area contributed by atoms with E-state index in [1.54, 1.807) is 6.42 Å². The van der Waals surface area contributed by atoms with Crippen molar-refractivity contribution in [2.75, 3.05) is 19.6 Å². The van der Waals surface area contributed by atoms with Crippen molar-refractivity contribution in [2.24, 2.45) is 17.8 Å². The summed E-state index contributed by atoms with van der Waals surface area (Å²) in [5.41, 5.74) is 0. The Hall–Kier alpha value is -0.0800. The summed E-state index contributed by atoms with van der Waals surface area (Å²) in [6.07, 6.45) is 10.3. The van der Waals surface area contributed by atoms with Crippen molar-refractivity contribution >= 4 is 0 Å². The van der Waals surface area contributed by atoms with Gasteiger partial charge in [-0.1, -0.05) is 6.42 Å². The highest BCUT2D eigenvalue weighted by atomic mass is 15.0. The van der Waals surface area contributed by atoms with Gasteiger partial charge in [-0.25, -0.2) is 0 Å².